The van der Waals surface area contributed by atoms with Gasteiger partial charge in [-0.15, -0.1) is 0 Å². The number of phosphoric acid groups is 1. The molecular weight excluding hydrogens is 988 g/mol. The van der Waals surface area contributed by atoms with Gasteiger partial charge in [0.25, 0.3) is 7.82 Å². The van der Waals surface area contributed by atoms with Gasteiger partial charge in [0, 0.05) is 12.8 Å². The van der Waals surface area contributed by atoms with Gasteiger partial charge in [-0.3, -0.25) is 14.2 Å². The van der Waals surface area contributed by atoms with E-state index in [1.54, 1.807) is 0 Å². The fourth-order valence-electron chi connectivity index (χ4n) is 10.1. The molecule has 3 atom stereocenters. The van der Waals surface area contributed by atoms with E-state index in [0.717, 1.165) is 64.2 Å². The first-order valence-corrected chi connectivity index (χ1v) is 35.3. The normalized spacial score (nSPS) is 13.8. The van der Waals surface area contributed by atoms with Crippen LogP contribution >= 0.6 is 7.82 Å². The number of hydrogen-bond acceptors (Lipinski definition) is 7. The van der Waals surface area contributed by atoms with Crippen LogP contribution in [-0.2, 0) is 27.9 Å². The highest BCUT2D eigenvalue weighted by molar-refractivity contribution is 7.45. The second kappa shape index (κ2) is 58.4. The van der Waals surface area contributed by atoms with Crippen LogP contribution in [0.25, 0.3) is 0 Å². The van der Waals surface area contributed by atoms with Gasteiger partial charge in [0.15, 0.2) is 0 Å². The molecule has 0 spiro atoms. The number of nitrogens with one attached hydrogen (secondary N) is 1. The van der Waals surface area contributed by atoms with Gasteiger partial charge in [-0.25, -0.2) is 0 Å². The van der Waals surface area contributed by atoms with Gasteiger partial charge >= 0.3 is 5.97 Å². The lowest BCUT2D eigenvalue weighted by molar-refractivity contribution is -0.870. The maximum Gasteiger partial charge on any atom is 0.306 e. The summed E-state index contributed by atoms with van der Waals surface area (Å²) in [5.74, 6) is -0.524. The molecule has 1 amide bonds. The van der Waals surface area contributed by atoms with Crippen LogP contribution in [0.4, 0.5) is 0 Å². The lowest BCUT2D eigenvalue weighted by atomic mass is 10.0. The molecule has 0 saturated heterocycles. The molecule has 0 bridgehead atoms. The second-order valence-electron chi connectivity index (χ2n) is 24.3. The van der Waals surface area contributed by atoms with Crippen LogP contribution in [0.5, 0.6) is 0 Å². The molecule has 1 N–H and O–H groups in total. The van der Waals surface area contributed by atoms with Crippen molar-refractivity contribution >= 4 is 19.7 Å². The topological polar surface area (TPSA) is 114 Å². The molecule has 0 aliphatic heterocycles. The number of phosphoric ester groups is 1. The van der Waals surface area contributed by atoms with Crippen molar-refractivity contribution in [2.75, 3.05) is 40.9 Å². The van der Waals surface area contributed by atoms with E-state index in [1.165, 1.54) is 238 Å². The van der Waals surface area contributed by atoms with Crippen LogP contribution in [0.1, 0.15) is 335 Å². The first-order valence-electron chi connectivity index (χ1n) is 33.8. The Hall–Kier alpha value is -1.77. The standard InChI is InChI=1S/C68H131N2O7P/c1-7-10-13-16-19-22-25-27-29-31-32-33-34-35-36-37-38-39-41-43-46-49-52-55-58-61-68(72)77-66(59-56-53-50-47-44-24-21-18-15-12-9-3)65(64-76-78(73,74)75-63-62-70(4,5)6)69-67(71)60-57-54-51-48-45-42-40-30-28-26-23-20-17-14-11-8-2/h19,22,27,29,56,59,65-66H,7-18,20-21,23-26,28,30-55,57-58,60-64H2,1-6H3,(H-,69,71,73,74)/b22-19-,29-27-,59-56+. The third-order valence-corrected chi connectivity index (χ3v) is 16.3. The molecule has 0 aliphatic rings. The molecule has 3 unspecified atom stereocenters. The van der Waals surface area contributed by atoms with Crippen LogP contribution in [0.15, 0.2) is 36.5 Å². The molecular formula is C68H131N2O7P. The number of likely N-dealkylation sites (N-methyl/N-ethyl adjacent to an activating group) is 1. The fourth-order valence-corrected chi connectivity index (χ4v) is 10.8. The number of rotatable bonds is 62. The van der Waals surface area contributed by atoms with Gasteiger partial charge in [-0.2, -0.15) is 0 Å². The largest absolute Gasteiger partial charge is 0.756 e. The number of nitrogens with zero attached hydrogens (tertiary/aromatic N) is 1. The molecule has 0 heterocycles. The van der Waals surface area contributed by atoms with Crippen LogP contribution < -0.4 is 10.2 Å². The summed E-state index contributed by atoms with van der Waals surface area (Å²) in [5, 5.41) is 3.04. The van der Waals surface area contributed by atoms with Crippen LogP contribution in [0.2, 0.25) is 0 Å². The highest BCUT2D eigenvalue weighted by Gasteiger charge is 2.27. The Morgan fingerprint density at radius 1 is 0.449 bits per heavy atom. The van der Waals surface area contributed by atoms with E-state index < -0.39 is 20.0 Å². The summed E-state index contributed by atoms with van der Waals surface area (Å²) in [5.41, 5.74) is 0. The number of carbonyl (C=O) groups is 2. The van der Waals surface area contributed by atoms with Gasteiger partial charge in [-0.05, 0) is 63.9 Å². The van der Waals surface area contributed by atoms with Crippen molar-refractivity contribution in [3.63, 3.8) is 0 Å². The maximum absolute atomic E-state index is 13.5. The summed E-state index contributed by atoms with van der Waals surface area (Å²) in [7, 11) is 1.20. The number of ether oxygens (including phenoxy) is 1. The van der Waals surface area contributed by atoms with Crippen LogP contribution in [0.3, 0.4) is 0 Å². The summed E-state index contributed by atoms with van der Waals surface area (Å²) in [6, 6.07) is -0.883. The molecule has 0 fully saturated rings. The Morgan fingerprint density at radius 2 is 0.782 bits per heavy atom. The van der Waals surface area contributed by atoms with Crippen molar-refractivity contribution in [2.45, 2.75) is 348 Å². The van der Waals surface area contributed by atoms with Gasteiger partial charge in [-0.1, -0.05) is 295 Å². The summed E-state index contributed by atoms with van der Waals surface area (Å²) in [6.07, 6.45) is 71.2. The van der Waals surface area contributed by atoms with E-state index in [1.807, 2.05) is 33.3 Å². The number of quaternary nitrogens is 1. The summed E-state index contributed by atoms with van der Waals surface area (Å²) < 4.78 is 30.4. The molecule has 460 valence electrons. The third-order valence-electron chi connectivity index (χ3n) is 15.3. The Morgan fingerprint density at radius 3 is 1.18 bits per heavy atom. The van der Waals surface area contributed by atoms with Crippen molar-refractivity contribution < 1.29 is 37.3 Å². The summed E-state index contributed by atoms with van der Waals surface area (Å²) >= 11 is 0. The monoisotopic (exact) mass is 1120 g/mol. The molecule has 0 radical (unpaired) electrons. The fraction of sp³-hybridized carbons (Fsp3) is 0.882. The van der Waals surface area contributed by atoms with Crippen molar-refractivity contribution in [3.05, 3.63) is 36.5 Å². The Balaban J connectivity index is 5.01. The van der Waals surface area contributed by atoms with Crippen molar-refractivity contribution in [1.82, 2.24) is 5.32 Å². The second-order valence-corrected chi connectivity index (χ2v) is 25.7. The van der Waals surface area contributed by atoms with Gasteiger partial charge in [0.2, 0.25) is 5.91 Å². The van der Waals surface area contributed by atoms with Crippen molar-refractivity contribution in [3.8, 4) is 0 Å². The Kier molecular flexibility index (Phi) is 57.1. The zero-order chi connectivity index (χ0) is 57.2. The van der Waals surface area contributed by atoms with E-state index in [4.69, 9.17) is 13.8 Å². The van der Waals surface area contributed by atoms with E-state index in [2.05, 4.69) is 50.4 Å². The number of esters is 1. The zero-order valence-electron chi connectivity index (χ0n) is 52.6. The minimum absolute atomic E-state index is 0.0190. The number of hydrogen-bond donors (Lipinski definition) is 1. The number of amides is 1. The Labute approximate surface area is 485 Å². The summed E-state index contributed by atoms with van der Waals surface area (Å²) in [6.45, 7) is 6.86. The van der Waals surface area contributed by atoms with E-state index in [-0.39, 0.29) is 31.5 Å². The number of carbonyl (C=O) groups excluding carboxylic acids is 2. The predicted octanol–water partition coefficient (Wildman–Crippen LogP) is 20.4. The third kappa shape index (κ3) is 58.9. The SMILES string of the molecule is CCCCC/C=C\C/C=C\CCCCCCCCCCCCCCCCCC(=O)OC(/C=C/CCCCCCCCCCC)C(COP(=O)([O-])OCC[N+](C)(C)C)NC(=O)CCCCCCCCCCCCCCCCCC. The summed E-state index contributed by atoms with van der Waals surface area (Å²) in [4.78, 5) is 40.0. The number of unbranched alkanes of at least 4 members (excludes halogenated alkanes) is 42. The van der Waals surface area contributed by atoms with Crippen LogP contribution in [-0.4, -0.2) is 69.4 Å². The lowest BCUT2D eigenvalue weighted by Gasteiger charge is -2.30. The molecule has 10 heteroatoms. The molecule has 0 rings (SSSR count). The molecule has 78 heavy (non-hydrogen) atoms. The Bertz CT molecular complexity index is 1430. The minimum Gasteiger partial charge on any atom is -0.756 e. The van der Waals surface area contributed by atoms with E-state index in [0.29, 0.717) is 17.4 Å². The first kappa shape index (κ1) is 76.2. The van der Waals surface area contributed by atoms with E-state index in [9.17, 15) is 19.0 Å². The molecule has 9 nitrogen and oxygen atoms in total. The smallest absolute Gasteiger partial charge is 0.306 e. The van der Waals surface area contributed by atoms with E-state index >= 15 is 0 Å². The zero-order valence-corrected chi connectivity index (χ0v) is 53.5. The van der Waals surface area contributed by atoms with Gasteiger partial charge in [0.05, 0.1) is 33.8 Å². The molecule has 0 aromatic heterocycles. The predicted molar refractivity (Wildman–Crippen MR) is 335 cm³/mol. The average molecular weight is 1120 g/mol. The molecule has 0 aromatic carbocycles. The van der Waals surface area contributed by atoms with Gasteiger partial charge < -0.3 is 28.5 Å². The highest BCUT2D eigenvalue weighted by atomic mass is 31.2. The highest BCUT2D eigenvalue weighted by Crippen LogP contribution is 2.38. The quantitative estimate of drug-likeness (QED) is 0.0212. The molecule has 0 aliphatic carbocycles. The maximum atomic E-state index is 13.5. The van der Waals surface area contributed by atoms with Crippen molar-refractivity contribution in [1.29, 1.82) is 0 Å². The minimum atomic E-state index is -4.69. The molecule has 0 aromatic rings. The molecule has 0 saturated carbocycles. The van der Waals surface area contributed by atoms with Crippen molar-refractivity contribution in [2.24, 2.45) is 0 Å². The average Bonchev–Trinajstić information content (AvgIpc) is 3.41. The van der Waals surface area contributed by atoms with Crippen LogP contribution in [0, 0.1) is 0 Å². The van der Waals surface area contributed by atoms with Gasteiger partial charge in [0.1, 0.15) is 19.3 Å². The first-order chi connectivity index (χ1) is 37.9. The lowest BCUT2D eigenvalue weighted by Crippen LogP contribution is -2.47. The number of allylic oxidation sites excluding steroid dienone is 5.